The van der Waals surface area contributed by atoms with E-state index in [4.69, 9.17) is 0 Å². The number of fused-ring (bicyclic) bond motifs is 1. The fraction of sp³-hybridized carbons (Fsp3) is 0.333. The molecule has 0 aliphatic carbocycles. The van der Waals surface area contributed by atoms with Gasteiger partial charge in [-0.3, -0.25) is 0 Å². The van der Waals surface area contributed by atoms with Gasteiger partial charge in [0.2, 0.25) is 0 Å². The highest BCUT2D eigenvalue weighted by Gasteiger charge is 2.23. The summed E-state index contributed by atoms with van der Waals surface area (Å²) in [5, 5.41) is 1.11. The lowest BCUT2D eigenvalue weighted by Gasteiger charge is -2.34. The van der Waals surface area contributed by atoms with Crippen molar-refractivity contribution in [3.63, 3.8) is 0 Å². The van der Waals surface area contributed by atoms with Crippen LogP contribution in [0.1, 0.15) is 12.8 Å². The molecule has 125 valence electrons. The van der Waals surface area contributed by atoms with E-state index in [1.807, 2.05) is 24.8 Å². The van der Waals surface area contributed by atoms with E-state index in [-0.39, 0.29) is 0 Å². The fourth-order valence-corrected chi connectivity index (χ4v) is 3.69. The van der Waals surface area contributed by atoms with Crippen LogP contribution in [0, 0.1) is 5.92 Å². The fourth-order valence-electron chi connectivity index (χ4n) is 3.69. The molecule has 3 aromatic rings. The van der Waals surface area contributed by atoms with E-state index in [2.05, 4.69) is 30.9 Å². The zero-order chi connectivity index (χ0) is 17.1. The predicted molar refractivity (Wildman–Crippen MR) is 99.4 cm³/mol. The lowest BCUT2D eigenvalue weighted by molar-refractivity contribution is 0.446. The van der Waals surface area contributed by atoms with Crippen molar-refractivity contribution in [2.45, 2.75) is 19.2 Å². The predicted octanol–water partition coefficient (Wildman–Crippen LogP) is 2.55. The molecular formula is C18H19BN5O. The number of carbonyl (C=O) groups is 1. The van der Waals surface area contributed by atoms with E-state index in [1.54, 1.807) is 7.28 Å². The SMILES string of the molecule is O=C[B]C[C@H]1CCCN(c2ccnc3[nH]cc(-c4cncnc4)c23)C1. The first-order chi connectivity index (χ1) is 12.4. The number of nitrogens with one attached hydrogen (secondary N) is 1. The van der Waals surface area contributed by atoms with Gasteiger partial charge in [0.25, 0.3) is 0 Å². The highest BCUT2D eigenvalue weighted by atomic mass is 16.1. The molecular weight excluding hydrogens is 313 g/mol. The van der Waals surface area contributed by atoms with Gasteiger partial charge in [0, 0.05) is 60.1 Å². The molecule has 4 heterocycles. The summed E-state index contributed by atoms with van der Waals surface area (Å²) in [4.78, 5) is 29.1. The molecule has 1 saturated heterocycles. The number of H-pyrrole nitrogens is 1. The molecule has 0 aromatic carbocycles. The maximum Gasteiger partial charge on any atom is 0.197 e. The van der Waals surface area contributed by atoms with Gasteiger partial charge in [-0.1, -0.05) is 6.32 Å². The number of hydrogen-bond acceptors (Lipinski definition) is 5. The maximum atomic E-state index is 10.6. The van der Waals surface area contributed by atoms with Gasteiger partial charge in [0.05, 0.1) is 6.19 Å². The normalized spacial score (nSPS) is 17.6. The van der Waals surface area contributed by atoms with Gasteiger partial charge in [-0.05, 0) is 24.8 Å². The van der Waals surface area contributed by atoms with E-state index in [0.717, 1.165) is 54.2 Å². The third kappa shape index (κ3) is 3.14. The first-order valence-corrected chi connectivity index (χ1v) is 8.60. The second-order valence-corrected chi connectivity index (χ2v) is 6.44. The number of hydrogen-bond donors (Lipinski definition) is 1. The Hall–Kier alpha value is -2.70. The quantitative estimate of drug-likeness (QED) is 0.574. The van der Waals surface area contributed by atoms with Crippen molar-refractivity contribution < 1.29 is 4.79 Å². The van der Waals surface area contributed by atoms with Crippen LogP contribution in [-0.2, 0) is 4.79 Å². The van der Waals surface area contributed by atoms with Crippen molar-refractivity contribution >= 4 is 30.2 Å². The van der Waals surface area contributed by atoms with E-state index >= 15 is 0 Å². The molecule has 1 atom stereocenters. The second kappa shape index (κ2) is 7.05. The van der Waals surface area contributed by atoms with Crippen LogP contribution in [0.15, 0.2) is 37.2 Å². The number of rotatable bonds is 5. The molecule has 3 aromatic heterocycles. The summed E-state index contributed by atoms with van der Waals surface area (Å²) in [6.45, 7) is 1.98. The summed E-state index contributed by atoms with van der Waals surface area (Å²) < 4.78 is 0. The van der Waals surface area contributed by atoms with Gasteiger partial charge in [-0.15, -0.1) is 0 Å². The van der Waals surface area contributed by atoms with Crippen LogP contribution >= 0.6 is 0 Å². The standard InChI is InChI=1S/C18H19BN5O/c25-11-19-6-13-2-1-5-24(10-13)16-3-4-22-18-17(16)15(9-23-18)14-7-20-12-21-8-14/h3-4,7-9,11-13H,1-2,5-6,10H2,(H,22,23)/t13-/m1/s1. The third-order valence-corrected chi connectivity index (χ3v) is 4.85. The Morgan fingerprint density at radius 3 is 3.08 bits per heavy atom. The molecule has 7 heteroatoms. The van der Waals surface area contributed by atoms with Crippen LogP contribution in [0.25, 0.3) is 22.2 Å². The summed E-state index contributed by atoms with van der Waals surface area (Å²) >= 11 is 0. The summed E-state index contributed by atoms with van der Waals surface area (Å²) in [7, 11) is 1.74. The molecule has 0 spiro atoms. The molecule has 1 radical (unpaired) electrons. The Kier molecular flexibility index (Phi) is 4.46. The monoisotopic (exact) mass is 332 g/mol. The molecule has 6 nitrogen and oxygen atoms in total. The van der Waals surface area contributed by atoms with Crippen molar-refractivity contribution in [2.24, 2.45) is 5.92 Å². The van der Waals surface area contributed by atoms with Gasteiger partial charge in [0.1, 0.15) is 12.0 Å². The molecule has 1 fully saturated rings. The van der Waals surface area contributed by atoms with Crippen molar-refractivity contribution in [2.75, 3.05) is 18.0 Å². The lowest BCUT2D eigenvalue weighted by Crippen LogP contribution is -2.36. The van der Waals surface area contributed by atoms with E-state index < -0.39 is 0 Å². The highest BCUT2D eigenvalue weighted by Crippen LogP contribution is 2.36. The van der Waals surface area contributed by atoms with Crippen molar-refractivity contribution in [3.8, 4) is 11.1 Å². The van der Waals surface area contributed by atoms with Crippen LogP contribution in [-0.4, -0.2) is 46.5 Å². The number of piperidine rings is 1. The molecule has 1 N–H and O–H groups in total. The molecule has 0 saturated carbocycles. The number of carbonyl (C=O) groups excluding carboxylic acids is 1. The molecule has 0 bridgehead atoms. The molecule has 25 heavy (non-hydrogen) atoms. The van der Waals surface area contributed by atoms with Crippen LogP contribution in [0.2, 0.25) is 6.32 Å². The Balaban J connectivity index is 1.72. The van der Waals surface area contributed by atoms with Crippen LogP contribution in [0.3, 0.4) is 0 Å². The largest absolute Gasteiger partial charge is 0.371 e. The Labute approximate surface area is 146 Å². The zero-order valence-electron chi connectivity index (χ0n) is 13.9. The average Bonchev–Trinajstić information content (AvgIpc) is 3.11. The maximum absolute atomic E-state index is 10.6. The summed E-state index contributed by atoms with van der Waals surface area (Å²) in [5.74, 6) is 0.518. The van der Waals surface area contributed by atoms with Gasteiger partial charge in [0.15, 0.2) is 7.28 Å². The van der Waals surface area contributed by atoms with Crippen molar-refractivity contribution in [1.29, 1.82) is 0 Å². The first-order valence-electron chi connectivity index (χ1n) is 8.60. The average molecular weight is 332 g/mol. The number of aromatic amines is 1. The van der Waals surface area contributed by atoms with Gasteiger partial charge in [-0.25, -0.2) is 15.0 Å². The van der Waals surface area contributed by atoms with Crippen LogP contribution in [0.4, 0.5) is 5.69 Å². The van der Waals surface area contributed by atoms with E-state index in [9.17, 15) is 4.79 Å². The number of pyridine rings is 1. The summed E-state index contributed by atoms with van der Waals surface area (Å²) in [5.41, 5.74) is 4.10. The topological polar surface area (TPSA) is 74.8 Å². The smallest absolute Gasteiger partial charge is 0.197 e. The van der Waals surface area contributed by atoms with Gasteiger partial charge in [-0.2, -0.15) is 0 Å². The van der Waals surface area contributed by atoms with E-state index in [1.165, 1.54) is 18.4 Å². The molecule has 4 rings (SSSR count). The minimum atomic E-state index is 0.518. The molecule has 1 aliphatic rings. The van der Waals surface area contributed by atoms with Crippen molar-refractivity contribution in [1.82, 2.24) is 19.9 Å². The van der Waals surface area contributed by atoms with Crippen LogP contribution < -0.4 is 4.90 Å². The number of nitrogens with zero attached hydrogens (tertiary/aromatic N) is 4. The minimum absolute atomic E-state index is 0.518. The summed E-state index contributed by atoms with van der Waals surface area (Å²) in [6, 6.07) is 2.08. The van der Waals surface area contributed by atoms with Crippen molar-refractivity contribution in [3.05, 3.63) is 37.2 Å². The zero-order valence-corrected chi connectivity index (χ0v) is 13.9. The summed E-state index contributed by atoms with van der Waals surface area (Å²) in [6.07, 6.45) is 13.1. The third-order valence-electron chi connectivity index (χ3n) is 4.85. The minimum Gasteiger partial charge on any atom is -0.371 e. The number of anilines is 1. The van der Waals surface area contributed by atoms with Gasteiger partial charge < -0.3 is 14.7 Å². The molecule has 1 aliphatic heterocycles. The first kappa shape index (κ1) is 15.8. The van der Waals surface area contributed by atoms with E-state index in [0.29, 0.717) is 5.92 Å². The lowest BCUT2D eigenvalue weighted by atomic mass is 9.69. The number of aromatic nitrogens is 4. The van der Waals surface area contributed by atoms with Gasteiger partial charge >= 0.3 is 0 Å². The second-order valence-electron chi connectivity index (χ2n) is 6.44. The Morgan fingerprint density at radius 1 is 1.36 bits per heavy atom. The van der Waals surface area contributed by atoms with Crippen LogP contribution in [0.5, 0.6) is 0 Å². The Bertz CT molecular complexity index is 866. The Morgan fingerprint density at radius 2 is 2.24 bits per heavy atom. The highest BCUT2D eigenvalue weighted by molar-refractivity contribution is 6.66. The molecule has 0 amide bonds. The molecule has 0 unspecified atom stereocenters.